The smallest absolute Gasteiger partial charge is 0.339 e. The summed E-state index contributed by atoms with van der Waals surface area (Å²) in [6, 6.07) is 10.5. The number of carboxylic acids is 1. The van der Waals surface area contributed by atoms with E-state index in [1.165, 1.54) is 18.2 Å². The summed E-state index contributed by atoms with van der Waals surface area (Å²) in [6.07, 6.45) is 6.84. The maximum Gasteiger partial charge on any atom is 0.339 e. The van der Waals surface area contributed by atoms with Crippen LogP contribution in [0.25, 0.3) is 0 Å². The van der Waals surface area contributed by atoms with E-state index in [0.717, 1.165) is 12.0 Å². The van der Waals surface area contributed by atoms with Crippen molar-refractivity contribution in [3.8, 4) is 5.75 Å². The molecule has 11 nitrogen and oxygen atoms in total. The summed E-state index contributed by atoms with van der Waals surface area (Å²) in [7, 11) is 0. The largest absolute Gasteiger partial charge is 0.507 e. The summed E-state index contributed by atoms with van der Waals surface area (Å²) in [5.74, 6) is -3.23. The fourth-order valence-corrected chi connectivity index (χ4v) is 9.29. The monoisotopic (exact) mass is 670 g/mol. The molecule has 49 heavy (non-hydrogen) atoms. The van der Waals surface area contributed by atoms with Crippen LogP contribution in [0.4, 0.5) is 11.4 Å². The number of allylic oxidation sites excluding steroid dienone is 4. The van der Waals surface area contributed by atoms with E-state index in [2.05, 4.69) is 17.2 Å². The maximum atomic E-state index is 13.9. The number of phenols is 1. The molecule has 4 aliphatic rings. The van der Waals surface area contributed by atoms with Crippen molar-refractivity contribution in [3.05, 3.63) is 77.4 Å². The number of ketones is 2. The Bertz CT molecular complexity index is 1830. The molecule has 11 heteroatoms. The first-order chi connectivity index (χ1) is 23.0. The van der Waals surface area contributed by atoms with Crippen LogP contribution in [-0.2, 0) is 24.5 Å². The lowest BCUT2D eigenvalue weighted by Gasteiger charge is -2.59. The zero-order valence-electron chi connectivity index (χ0n) is 28.1. The molecule has 0 saturated heterocycles. The third-order valence-electron chi connectivity index (χ3n) is 12.0. The minimum Gasteiger partial charge on any atom is -0.507 e. The second-order valence-corrected chi connectivity index (χ2v) is 15.0. The van der Waals surface area contributed by atoms with Crippen molar-refractivity contribution in [3.63, 3.8) is 0 Å². The van der Waals surface area contributed by atoms with E-state index in [-0.39, 0.29) is 47.6 Å². The highest BCUT2D eigenvalue weighted by Gasteiger charge is 2.68. The van der Waals surface area contributed by atoms with Gasteiger partial charge in [-0.15, -0.1) is 0 Å². The van der Waals surface area contributed by atoms with Crippen LogP contribution in [0.15, 0.2) is 76.5 Å². The van der Waals surface area contributed by atoms with Crippen LogP contribution in [0, 0.1) is 28.6 Å². The number of aliphatic hydroxyl groups is 2. The van der Waals surface area contributed by atoms with Crippen LogP contribution in [0.3, 0.4) is 0 Å². The molecule has 258 valence electrons. The number of carboxylic acid groups (broad SMARTS) is 1. The molecule has 0 radical (unpaired) electrons. The molecule has 2 aromatic rings. The lowest BCUT2D eigenvalue weighted by Crippen LogP contribution is -2.61. The van der Waals surface area contributed by atoms with E-state index in [9.17, 15) is 39.6 Å². The van der Waals surface area contributed by atoms with Crippen molar-refractivity contribution in [2.75, 3.05) is 6.61 Å². The van der Waals surface area contributed by atoms with Crippen molar-refractivity contribution in [2.24, 2.45) is 38.8 Å². The van der Waals surface area contributed by atoms with Gasteiger partial charge >= 0.3 is 11.9 Å². The standard InChI is InChI=1S/C38H42N2O9/c1-35(2,27-7-5-6-8-28(27)40-39-22-10-12-29(42)25(18-22)33(45)46)34(47)49-20-31(44)38(48)16-14-26-24-11-9-21-17-23(41)13-15-36(21,3)32(24)30(43)19-37(26,38)4/h5-8,10,12-13,15,17-18,24,26,30,32,42-43,48H,9,11,14,16,19-20H2,1-4H3,(H,45,46)/b40-39+. The molecule has 0 spiro atoms. The van der Waals surface area contributed by atoms with Crippen LogP contribution in [0.5, 0.6) is 5.75 Å². The van der Waals surface area contributed by atoms with Gasteiger partial charge in [0.2, 0.25) is 5.78 Å². The van der Waals surface area contributed by atoms with Gasteiger partial charge in [-0.05, 0) is 99.8 Å². The van der Waals surface area contributed by atoms with Gasteiger partial charge in [0, 0.05) is 16.7 Å². The second kappa shape index (κ2) is 12.1. The topological polar surface area (TPSA) is 183 Å². The number of aliphatic hydroxyl groups excluding tert-OH is 1. The quantitative estimate of drug-likeness (QED) is 0.196. The lowest BCUT2D eigenvalue weighted by atomic mass is 9.46. The Morgan fingerprint density at radius 2 is 1.80 bits per heavy atom. The lowest BCUT2D eigenvalue weighted by molar-refractivity contribution is -0.182. The van der Waals surface area contributed by atoms with Crippen molar-refractivity contribution >= 4 is 34.9 Å². The third kappa shape index (κ3) is 5.53. The molecule has 0 amide bonds. The summed E-state index contributed by atoms with van der Waals surface area (Å²) in [6.45, 7) is 6.54. The van der Waals surface area contributed by atoms with Gasteiger partial charge < -0.3 is 25.2 Å². The van der Waals surface area contributed by atoms with Gasteiger partial charge in [-0.1, -0.05) is 43.7 Å². The number of benzene rings is 2. The van der Waals surface area contributed by atoms with Crippen LogP contribution >= 0.6 is 0 Å². The van der Waals surface area contributed by atoms with E-state index >= 15 is 0 Å². The minimum atomic E-state index is -1.80. The van der Waals surface area contributed by atoms with Crippen molar-refractivity contribution < 1.29 is 44.3 Å². The number of nitrogens with zero attached hydrogens (tertiary/aromatic N) is 2. The summed E-state index contributed by atoms with van der Waals surface area (Å²) >= 11 is 0. The summed E-state index contributed by atoms with van der Waals surface area (Å²) in [5.41, 5.74) is -2.86. The average molecular weight is 671 g/mol. The molecule has 6 rings (SSSR count). The molecule has 0 bridgehead atoms. The molecule has 3 saturated carbocycles. The Labute approximate surface area is 284 Å². The van der Waals surface area contributed by atoms with E-state index in [1.807, 2.05) is 13.0 Å². The zero-order chi connectivity index (χ0) is 35.5. The van der Waals surface area contributed by atoms with Crippen LogP contribution in [-0.4, -0.2) is 62.2 Å². The van der Waals surface area contributed by atoms with Gasteiger partial charge in [0.15, 0.2) is 12.4 Å². The predicted octanol–water partition coefficient (Wildman–Crippen LogP) is 5.91. The predicted molar refractivity (Wildman–Crippen MR) is 178 cm³/mol. The van der Waals surface area contributed by atoms with E-state index in [0.29, 0.717) is 24.1 Å². The number of Topliss-reactive ketones (excluding diaryl/α,β-unsaturated/α-hetero) is 1. The van der Waals surface area contributed by atoms with Gasteiger partial charge in [0.1, 0.15) is 16.9 Å². The van der Waals surface area contributed by atoms with Gasteiger partial charge in [0.05, 0.1) is 22.9 Å². The first kappa shape index (κ1) is 34.4. The van der Waals surface area contributed by atoms with Crippen LogP contribution in [0.2, 0.25) is 0 Å². The number of esters is 1. The molecule has 2 aromatic carbocycles. The first-order valence-corrected chi connectivity index (χ1v) is 16.7. The molecular formula is C38H42N2O9. The second-order valence-electron chi connectivity index (χ2n) is 15.0. The number of aromatic hydroxyl groups is 1. The number of hydrogen-bond acceptors (Lipinski definition) is 10. The number of carbonyl (C=O) groups is 4. The van der Waals surface area contributed by atoms with Gasteiger partial charge in [0.25, 0.3) is 0 Å². The molecule has 0 heterocycles. The summed E-state index contributed by atoms with van der Waals surface area (Å²) in [5, 5.41) is 51.2. The Morgan fingerprint density at radius 1 is 1.06 bits per heavy atom. The fraction of sp³-hybridized carbons (Fsp3) is 0.474. The third-order valence-corrected chi connectivity index (χ3v) is 12.0. The first-order valence-electron chi connectivity index (χ1n) is 16.7. The van der Waals surface area contributed by atoms with Crippen molar-refractivity contribution in [1.82, 2.24) is 0 Å². The highest BCUT2D eigenvalue weighted by atomic mass is 16.5. The molecule has 0 aliphatic heterocycles. The number of fused-ring (bicyclic) bond motifs is 5. The number of carbonyl (C=O) groups excluding carboxylic acids is 3. The minimum absolute atomic E-state index is 0.0382. The Hall–Kier alpha value is -4.48. The van der Waals surface area contributed by atoms with E-state index in [4.69, 9.17) is 4.74 Å². The van der Waals surface area contributed by atoms with E-state index < -0.39 is 58.0 Å². The molecule has 4 aliphatic carbocycles. The van der Waals surface area contributed by atoms with Gasteiger partial charge in [-0.2, -0.15) is 10.2 Å². The van der Waals surface area contributed by atoms with Gasteiger partial charge in [-0.25, -0.2) is 4.79 Å². The summed E-state index contributed by atoms with van der Waals surface area (Å²) < 4.78 is 5.60. The summed E-state index contributed by atoms with van der Waals surface area (Å²) in [4.78, 5) is 50.9. The average Bonchev–Trinajstić information content (AvgIpc) is 3.33. The normalized spacial score (nSPS) is 32.2. The highest BCUT2D eigenvalue weighted by molar-refractivity contribution is 6.01. The molecule has 0 aromatic heterocycles. The molecule has 7 atom stereocenters. The molecule has 3 fully saturated rings. The maximum absolute atomic E-state index is 13.9. The van der Waals surface area contributed by atoms with Crippen LogP contribution < -0.4 is 0 Å². The van der Waals surface area contributed by atoms with Crippen molar-refractivity contribution in [1.29, 1.82) is 0 Å². The Morgan fingerprint density at radius 3 is 2.53 bits per heavy atom. The molecular weight excluding hydrogens is 628 g/mol. The Balaban J connectivity index is 1.17. The van der Waals surface area contributed by atoms with Crippen LogP contribution in [0.1, 0.15) is 75.7 Å². The molecule has 4 N–H and O–H groups in total. The number of hydrogen-bond donors (Lipinski definition) is 4. The van der Waals surface area contributed by atoms with Gasteiger partial charge in [-0.3, -0.25) is 14.4 Å². The van der Waals surface area contributed by atoms with E-state index in [1.54, 1.807) is 50.3 Å². The Kier molecular flexibility index (Phi) is 8.52. The SMILES string of the molecule is CC(C)(C(=O)OCC(=O)C1(O)CCC2C3CCC4=CC(=O)C=CC4(C)C3C(O)CC21C)c1ccccc1/N=N/c1ccc(O)c(C(=O)O)c1. The van der Waals surface area contributed by atoms with Crippen molar-refractivity contribution in [2.45, 2.75) is 76.9 Å². The fourth-order valence-electron chi connectivity index (χ4n) is 9.29. The number of rotatable bonds is 8. The number of azo groups is 1. The zero-order valence-corrected chi connectivity index (χ0v) is 28.1. The number of aromatic carboxylic acids is 1. The molecule has 7 unspecified atom stereocenters. The highest BCUT2D eigenvalue weighted by Crippen LogP contribution is 2.67. The number of ether oxygens (including phenoxy) is 1.